The van der Waals surface area contributed by atoms with E-state index in [-0.39, 0.29) is 10.7 Å². The second-order valence-corrected chi connectivity index (χ2v) is 8.94. The Morgan fingerprint density at radius 2 is 1.63 bits per heavy atom. The van der Waals surface area contributed by atoms with Crippen molar-refractivity contribution in [3.05, 3.63) is 101 Å². The standard InChI is InChI=1S/C23H19ClN2O3S/c1-16-14-18(24)12-13-20(16)22-23(26-30(27,28)19-10-6-3-7-11-19)25-21(29-22)15-17-8-4-2-5-9-17/h2-14,26H,15H2,1H3. The van der Waals surface area contributed by atoms with Crippen LogP contribution in [0, 0.1) is 6.92 Å². The Morgan fingerprint density at radius 1 is 0.967 bits per heavy atom. The van der Waals surface area contributed by atoms with Gasteiger partial charge in [-0.05, 0) is 48.4 Å². The highest BCUT2D eigenvalue weighted by molar-refractivity contribution is 7.92. The summed E-state index contributed by atoms with van der Waals surface area (Å²) in [5, 5.41) is 0.590. The topological polar surface area (TPSA) is 72.2 Å². The lowest BCUT2D eigenvalue weighted by molar-refractivity contribution is 0.519. The molecule has 0 aliphatic heterocycles. The van der Waals surface area contributed by atoms with Crippen LogP contribution < -0.4 is 4.72 Å². The number of hydrogen-bond donors (Lipinski definition) is 1. The highest BCUT2D eigenvalue weighted by Crippen LogP contribution is 2.34. The Kier molecular flexibility index (Phi) is 5.61. The summed E-state index contributed by atoms with van der Waals surface area (Å²) in [4.78, 5) is 4.62. The minimum absolute atomic E-state index is 0.148. The number of aryl methyl sites for hydroxylation is 1. The molecule has 152 valence electrons. The van der Waals surface area contributed by atoms with Crippen molar-refractivity contribution in [1.82, 2.24) is 4.98 Å². The Hall–Kier alpha value is -3.09. The normalized spacial score (nSPS) is 11.4. The molecule has 0 unspecified atom stereocenters. The van der Waals surface area contributed by atoms with Crippen molar-refractivity contribution in [3.63, 3.8) is 0 Å². The summed E-state index contributed by atoms with van der Waals surface area (Å²) in [6, 6.07) is 23.2. The molecule has 0 aliphatic carbocycles. The zero-order valence-electron chi connectivity index (χ0n) is 16.2. The van der Waals surface area contributed by atoms with Gasteiger partial charge >= 0.3 is 0 Å². The van der Waals surface area contributed by atoms with Crippen LogP contribution in [-0.2, 0) is 16.4 Å². The lowest BCUT2D eigenvalue weighted by atomic mass is 10.1. The lowest BCUT2D eigenvalue weighted by Gasteiger charge is -2.08. The molecule has 30 heavy (non-hydrogen) atoms. The number of anilines is 1. The van der Waals surface area contributed by atoms with Gasteiger partial charge in [-0.25, -0.2) is 8.42 Å². The molecule has 0 aliphatic rings. The van der Waals surface area contributed by atoms with Gasteiger partial charge < -0.3 is 4.42 Å². The SMILES string of the molecule is Cc1cc(Cl)ccc1-c1oc(Cc2ccccc2)nc1NS(=O)(=O)c1ccccc1. The largest absolute Gasteiger partial charge is 0.438 e. The second kappa shape index (κ2) is 8.34. The molecular formula is C23H19ClN2O3S. The number of nitrogens with zero attached hydrogens (tertiary/aromatic N) is 1. The maximum atomic E-state index is 12.9. The summed E-state index contributed by atoms with van der Waals surface area (Å²) in [6.07, 6.45) is 0.438. The van der Waals surface area contributed by atoms with E-state index in [0.717, 1.165) is 16.7 Å². The predicted octanol–water partition coefficient (Wildman–Crippen LogP) is 5.70. The van der Waals surface area contributed by atoms with Crippen molar-refractivity contribution < 1.29 is 12.8 Å². The molecule has 0 atom stereocenters. The Balaban J connectivity index is 1.77. The molecular weight excluding hydrogens is 420 g/mol. The van der Waals surface area contributed by atoms with Crippen LogP contribution >= 0.6 is 11.6 Å². The fraction of sp³-hybridized carbons (Fsp3) is 0.0870. The van der Waals surface area contributed by atoms with Gasteiger partial charge in [-0.1, -0.05) is 60.1 Å². The molecule has 0 bridgehead atoms. The lowest BCUT2D eigenvalue weighted by Crippen LogP contribution is -2.13. The summed E-state index contributed by atoms with van der Waals surface area (Å²) < 4.78 is 34.4. The smallest absolute Gasteiger partial charge is 0.263 e. The first-order chi connectivity index (χ1) is 14.4. The van der Waals surface area contributed by atoms with Crippen LogP contribution in [0.1, 0.15) is 17.0 Å². The summed E-state index contributed by atoms with van der Waals surface area (Å²) in [6.45, 7) is 1.88. The second-order valence-electron chi connectivity index (χ2n) is 6.83. The molecule has 0 radical (unpaired) electrons. The van der Waals surface area contributed by atoms with Crippen LogP contribution in [0.15, 0.2) is 88.2 Å². The molecule has 0 spiro atoms. The van der Waals surface area contributed by atoms with E-state index < -0.39 is 10.0 Å². The van der Waals surface area contributed by atoms with E-state index in [9.17, 15) is 8.42 Å². The van der Waals surface area contributed by atoms with Crippen molar-refractivity contribution >= 4 is 27.4 Å². The van der Waals surface area contributed by atoms with Gasteiger partial charge in [-0.2, -0.15) is 4.98 Å². The van der Waals surface area contributed by atoms with Gasteiger partial charge in [-0.15, -0.1) is 0 Å². The van der Waals surface area contributed by atoms with Gasteiger partial charge in [0.15, 0.2) is 11.6 Å². The number of oxazole rings is 1. The van der Waals surface area contributed by atoms with Gasteiger partial charge in [0.25, 0.3) is 10.0 Å². The van der Waals surface area contributed by atoms with Crippen molar-refractivity contribution in [2.24, 2.45) is 0 Å². The summed E-state index contributed by atoms with van der Waals surface area (Å²) in [5.74, 6) is 0.918. The molecule has 3 aromatic carbocycles. The van der Waals surface area contributed by atoms with Crippen molar-refractivity contribution in [3.8, 4) is 11.3 Å². The summed E-state index contributed by atoms with van der Waals surface area (Å²) >= 11 is 6.09. The van der Waals surface area contributed by atoms with Crippen LogP contribution in [-0.4, -0.2) is 13.4 Å². The van der Waals surface area contributed by atoms with Gasteiger partial charge in [0.05, 0.1) is 4.90 Å². The molecule has 1 heterocycles. The van der Waals surface area contributed by atoms with Gasteiger partial charge in [0.2, 0.25) is 5.89 Å². The maximum Gasteiger partial charge on any atom is 0.263 e. The molecule has 1 aromatic heterocycles. The molecule has 0 fully saturated rings. The van der Waals surface area contributed by atoms with Crippen LogP contribution in [0.25, 0.3) is 11.3 Å². The van der Waals surface area contributed by atoms with Crippen LogP contribution in [0.2, 0.25) is 5.02 Å². The third kappa shape index (κ3) is 4.40. The van der Waals surface area contributed by atoms with Gasteiger partial charge in [0.1, 0.15) is 0 Å². The highest BCUT2D eigenvalue weighted by atomic mass is 35.5. The fourth-order valence-electron chi connectivity index (χ4n) is 3.13. The Labute approximate surface area is 180 Å². The van der Waals surface area contributed by atoms with E-state index in [1.165, 1.54) is 12.1 Å². The number of hydrogen-bond acceptors (Lipinski definition) is 4. The first-order valence-electron chi connectivity index (χ1n) is 9.30. The molecule has 0 saturated heterocycles. The minimum atomic E-state index is -3.82. The number of benzene rings is 3. The zero-order chi connectivity index (χ0) is 21.1. The van der Waals surface area contributed by atoms with E-state index in [4.69, 9.17) is 16.0 Å². The molecule has 0 saturated carbocycles. The van der Waals surface area contributed by atoms with Gasteiger partial charge in [-0.3, -0.25) is 4.72 Å². The average molecular weight is 439 g/mol. The first-order valence-corrected chi connectivity index (χ1v) is 11.2. The quantitative estimate of drug-likeness (QED) is 0.419. The van der Waals surface area contributed by atoms with E-state index in [0.29, 0.717) is 23.1 Å². The van der Waals surface area contributed by atoms with E-state index >= 15 is 0 Å². The van der Waals surface area contributed by atoms with E-state index in [1.807, 2.05) is 37.3 Å². The molecule has 7 heteroatoms. The van der Waals surface area contributed by atoms with Crippen molar-refractivity contribution in [2.75, 3.05) is 4.72 Å². The maximum absolute atomic E-state index is 12.9. The Morgan fingerprint density at radius 3 is 2.30 bits per heavy atom. The summed E-state index contributed by atoms with van der Waals surface area (Å²) in [5.41, 5.74) is 2.58. The fourth-order valence-corrected chi connectivity index (χ4v) is 4.38. The zero-order valence-corrected chi connectivity index (χ0v) is 17.7. The van der Waals surface area contributed by atoms with Crippen molar-refractivity contribution in [1.29, 1.82) is 0 Å². The van der Waals surface area contributed by atoms with E-state index in [2.05, 4.69) is 9.71 Å². The predicted molar refractivity (Wildman–Crippen MR) is 118 cm³/mol. The average Bonchev–Trinajstić information content (AvgIpc) is 3.10. The van der Waals surface area contributed by atoms with Gasteiger partial charge in [0, 0.05) is 17.0 Å². The Bertz CT molecular complexity index is 1270. The molecule has 1 N–H and O–H groups in total. The summed E-state index contributed by atoms with van der Waals surface area (Å²) in [7, 11) is -3.82. The highest BCUT2D eigenvalue weighted by Gasteiger charge is 2.23. The number of rotatable bonds is 6. The number of sulfonamides is 1. The minimum Gasteiger partial charge on any atom is -0.438 e. The third-order valence-electron chi connectivity index (χ3n) is 4.59. The van der Waals surface area contributed by atoms with E-state index in [1.54, 1.807) is 36.4 Å². The number of aromatic nitrogens is 1. The molecule has 0 amide bonds. The third-order valence-corrected chi connectivity index (χ3v) is 6.18. The molecule has 4 rings (SSSR count). The first kappa shape index (κ1) is 20.2. The van der Waals surface area contributed by atoms with Crippen molar-refractivity contribution in [2.45, 2.75) is 18.2 Å². The number of halogens is 1. The van der Waals surface area contributed by atoms with Crippen LogP contribution in [0.3, 0.4) is 0 Å². The monoisotopic (exact) mass is 438 g/mol. The molecule has 4 aromatic rings. The number of nitrogens with one attached hydrogen (secondary N) is 1. The molecule has 5 nitrogen and oxygen atoms in total. The van der Waals surface area contributed by atoms with Crippen LogP contribution in [0.5, 0.6) is 0 Å². The van der Waals surface area contributed by atoms with Crippen LogP contribution in [0.4, 0.5) is 5.82 Å².